The van der Waals surface area contributed by atoms with Crippen molar-refractivity contribution < 1.29 is 32.9 Å². The minimum Gasteiger partial charge on any atom is -0.488 e. The molecule has 0 spiro atoms. The Kier molecular flexibility index (Phi) is 8.05. The molecule has 2 aliphatic rings. The predicted octanol–water partition coefficient (Wildman–Crippen LogP) is 3.65. The molecule has 0 aliphatic carbocycles. The molecule has 210 valence electrons. The lowest BCUT2D eigenvalue weighted by molar-refractivity contribution is -0.384. The van der Waals surface area contributed by atoms with Crippen molar-refractivity contribution in [2.24, 2.45) is 5.73 Å². The van der Waals surface area contributed by atoms with Crippen LogP contribution in [0.5, 0.6) is 5.75 Å². The molecule has 3 amide bonds. The molecule has 0 radical (unpaired) electrons. The maximum atomic E-state index is 15.4. The van der Waals surface area contributed by atoms with Crippen molar-refractivity contribution in [3.8, 4) is 17.1 Å². The number of morpholine rings is 1. The summed E-state index contributed by atoms with van der Waals surface area (Å²) in [5.41, 5.74) is 6.68. The lowest BCUT2D eigenvalue weighted by Crippen LogP contribution is -2.38. The van der Waals surface area contributed by atoms with Crippen LogP contribution >= 0.6 is 0 Å². The lowest BCUT2D eigenvalue weighted by Gasteiger charge is -2.35. The first kappa shape index (κ1) is 27.2. The molecule has 5 rings (SSSR count). The number of aromatic nitrogens is 2. The van der Waals surface area contributed by atoms with Crippen LogP contribution in [0, 0.1) is 5.82 Å². The lowest BCUT2D eigenvalue weighted by atomic mass is 10.1. The number of carbonyl (C=O) groups is 2. The zero-order valence-corrected chi connectivity index (χ0v) is 22.0. The van der Waals surface area contributed by atoms with Crippen LogP contribution in [0.1, 0.15) is 36.2 Å². The van der Waals surface area contributed by atoms with Crippen LogP contribution in [-0.4, -0.2) is 61.1 Å². The monoisotopic (exact) mass is 552 g/mol. The predicted molar refractivity (Wildman–Crippen MR) is 144 cm³/mol. The second-order valence-corrected chi connectivity index (χ2v) is 9.00. The van der Waals surface area contributed by atoms with E-state index < -0.39 is 30.3 Å². The van der Waals surface area contributed by atoms with E-state index in [9.17, 15) is 9.59 Å². The van der Waals surface area contributed by atoms with E-state index in [4.69, 9.17) is 24.7 Å². The largest absolute Gasteiger partial charge is 0.488 e. The molecule has 0 saturated carbocycles. The molecule has 2 fully saturated rings. The normalized spacial score (nSPS) is 18.5. The van der Waals surface area contributed by atoms with E-state index in [-0.39, 0.29) is 17.1 Å². The fraction of sp³-hybridized carbons (Fsp3) is 0.333. The SMILES string of the molecule is CCOc1c(C2OC(C)O2)nc(-c2ccc(NC(=O)Nc3ccc(C(N)=O)cc3)cc2F)nc1N1CCOCC1. The number of benzene rings is 2. The molecule has 2 aliphatic heterocycles. The molecule has 3 aromatic rings. The average Bonchev–Trinajstić information content (AvgIpc) is 2.92. The molecular formula is C27H29FN6O6. The van der Waals surface area contributed by atoms with Crippen molar-refractivity contribution >= 4 is 29.1 Å². The summed E-state index contributed by atoms with van der Waals surface area (Å²) >= 11 is 0. The van der Waals surface area contributed by atoms with Crippen LogP contribution in [0.2, 0.25) is 0 Å². The second kappa shape index (κ2) is 11.8. The maximum Gasteiger partial charge on any atom is 0.323 e. The topological polar surface area (TPSA) is 150 Å². The van der Waals surface area contributed by atoms with E-state index in [1.54, 1.807) is 13.0 Å². The van der Waals surface area contributed by atoms with Crippen LogP contribution in [0.4, 0.5) is 26.4 Å². The number of nitrogens with zero attached hydrogens (tertiary/aromatic N) is 3. The summed E-state index contributed by atoms with van der Waals surface area (Å²) < 4.78 is 38.2. The van der Waals surface area contributed by atoms with E-state index >= 15 is 4.39 Å². The van der Waals surface area contributed by atoms with Crippen LogP contribution in [0.3, 0.4) is 0 Å². The Morgan fingerprint density at radius 2 is 1.75 bits per heavy atom. The Hall–Kier alpha value is -4.33. The Morgan fingerprint density at radius 3 is 2.38 bits per heavy atom. The Bertz CT molecular complexity index is 1390. The molecule has 0 bridgehead atoms. The first-order valence-corrected chi connectivity index (χ1v) is 12.8. The van der Waals surface area contributed by atoms with Gasteiger partial charge in [-0.05, 0) is 56.3 Å². The van der Waals surface area contributed by atoms with Crippen molar-refractivity contribution in [2.75, 3.05) is 48.4 Å². The molecule has 0 atom stereocenters. The molecule has 1 aromatic heterocycles. The van der Waals surface area contributed by atoms with Gasteiger partial charge >= 0.3 is 6.03 Å². The van der Waals surface area contributed by atoms with Crippen LogP contribution in [0.25, 0.3) is 11.4 Å². The third-order valence-corrected chi connectivity index (χ3v) is 6.22. The van der Waals surface area contributed by atoms with Gasteiger partial charge in [-0.15, -0.1) is 0 Å². The van der Waals surface area contributed by atoms with Gasteiger partial charge in [0.1, 0.15) is 11.5 Å². The van der Waals surface area contributed by atoms with Crippen LogP contribution in [-0.2, 0) is 14.2 Å². The molecule has 2 aromatic carbocycles. The van der Waals surface area contributed by atoms with Crippen molar-refractivity contribution in [3.63, 3.8) is 0 Å². The highest BCUT2D eigenvalue weighted by molar-refractivity contribution is 6.00. The van der Waals surface area contributed by atoms with Gasteiger partial charge in [-0.3, -0.25) is 4.79 Å². The molecule has 0 unspecified atom stereocenters. The van der Waals surface area contributed by atoms with Gasteiger partial charge in [0.15, 0.2) is 23.7 Å². The molecule has 3 heterocycles. The number of ether oxygens (including phenoxy) is 4. The van der Waals surface area contributed by atoms with Gasteiger partial charge in [-0.1, -0.05) is 0 Å². The standard InChI is InChI=1S/C27H29FN6O6/c1-3-38-22-21(26-39-15(2)40-26)32-24(33-25(22)34-10-12-37-13-11-34)19-9-8-18(14-20(19)28)31-27(36)30-17-6-4-16(5-7-17)23(29)35/h4-9,14-15,26H,3,10-13H2,1-2H3,(H2,29,35)(H2,30,31,36). The minimum atomic E-state index is -0.775. The van der Waals surface area contributed by atoms with E-state index in [0.29, 0.717) is 61.4 Å². The molecule has 4 N–H and O–H groups in total. The third-order valence-electron chi connectivity index (χ3n) is 6.22. The third kappa shape index (κ3) is 5.96. The van der Waals surface area contributed by atoms with Gasteiger partial charge in [0, 0.05) is 30.0 Å². The summed E-state index contributed by atoms with van der Waals surface area (Å²) in [7, 11) is 0. The highest BCUT2D eigenvalue weighted by atomic mass is 19.1. The summed E-state index contributed by atoms with van der Waals surface area (Å²) in [6.07, 6.45) is -1.18. The highest BCUT2D eigenvalue weighted by Crippen LogP contribution is 2.41. The number of primary amides is 1. The smallest absolute Gasteiger partial charge is 0.323 e. The van der Waals surface area contributed by atoms with E-state index in [1.807, 2.05) is 11.8 Å². The molecule has 40 heavy (non-hydrogen) atoms. The van der Waals surface area contributed by atoms with Crippen molar-refractivity contribution in [2.45, 2.75) is 26.4 Å². The maximum absolute atomic E-state index is 15.4. The van der Waals surface area contributed by atoms with Crippen molar-refractivity contribution in [3.05, 3.63) is 59.5 Å². The number of amides is 3. The number of nitrogens with one attached hydrogen (secondary N) is 2. The fourth-order valence-corrected chi connectivity index (χ4v) is 4.28. The van der Waals surface area contributed by atoms with Crippen LogP contribution < -0.4 is 26.0 Å². The Balaban J connectivity index is 1.40. The van der Waals surface area contributed by atoms with Gasteiger partial charge in [-0.25, -0.2) is 19.2 Å². The first-order chi connectivity index (χ1) is 19.3. The van der Waals surface area contributed by atoms with Crippen molar-refractivity contribution in [1.82, 2.24) is 9.97 Å². The fourth-order valence-electron chi connectivity index (χ4n) is 4.28. The zero-order chi connectivity index (χ0) is 28.2. The number of hydrogen-bond acceptors (Lipinski definition) is 9. The van der Waals surface area contributed by atoms with Gasteiger partial charge in [0.2, 0.25) is 12.2 Å². The van der Waals surface area contributed by atoms with Gasteiger partial charge in [0.05, 0.1) is 25.4 Å². The number of hydrogen-bond donors (Lipinski definition) is 3. The summed E-state index contributed by atoms with van der Waals surface area (Å²) in [5, 5.41) is 5.20. The summed E-state index contributed by atoms with van der Waals surface area (Å²) in [6, 6.07) is 9.66. The Morgan fingerprint density at radius 1 is 1.07 bits per heavy atom. The number of rotatable bonds is 8. The highest BCUT2D eigenvalue weighted by Gasteiger charge is 2.36. The van der Waals surface area contributed by atoms with Crippen molar-refractivity contribution in [1.29, 1.82) is 0 Å². The first-order valence-electron chi connectivity index (χ1n) is 12.8. The average molecular weight is 553 g/mol. The molecular weight excluding hydrogens is 523 g/mol. The van der Waals surface area contributed by atoms with E-state index in [2.05, 4.69) is 20.6 Å². The number of nitrogens with two attached hydrogens (primary N) is 1. The quantitative estimate of drug-likeness (QED) is 0.380. The summed E-state index contributed by atoms with van der Waals surface area (Å²) in [5.74, 6) is -0.177. The second-order valence-electron chi connectivity index (χ2n) is 9.00. The van der Waals surface area contributed by atoms with Crippen LogP contribution in [0.15, 0.2) is 42.5 Å². The van der Waals surface area contributed by atoms with Gasteiger partial charge in [0.25, 0.3) is 0 Å². The summed E-state index contributed by atoms with van der Waals surface area (Å²) in [4.78, 5) is 34.9. The number of halogens is 1. The molecule has 2 saturated heterocycles. The minimum absolute atomic E-state index is 0.120. The van der Waals surface area contributed by atoms with E-state index in [0.717, 1.165) is 0 Å². The van der Waals surface area contributed by atoms with Gasteiger partial charge in [-0.2, -0.15) is 0 Å². The Labute approximate surface area is 229 Å². The zero-order valence-electron chi connectivity index (χ0n) is 22.0. The summed E-state index contributed by atoms with van der Waals surface area (Å²) in [6.45, 7) is 6.15. The van der Waals surface area contributed by atoms with E-state index in [1.165, 1.54) is 36.4 Å². The van der Waals surface area contributed by atoms with Gasteiger partial charge < -0.3 is 40.2 Å². The number of anilines is 3. The molecule has 13 heteroatoms. The molecule has 12 nitrogen and oxygen atoms in total. The number of carbonyl (C=O) groups excluding carboxylic acids is 2. The number of urea groups is 1.